The van der Waals surface area contributed by atoms with Crippen LogP contribution in [0, 0.1) is 34.5 Å². The van der Waals surface area contributed by atoms with Gasteiger partial charge >= 0.3 is 6.09 Å². The van der Waals surface area contributed by atoms with Crippen molar-refractivity contribution in [2.24, 2.45) is 39.7 Å². The summed E-state index contributed by atoms with van der Waals surface area (Å²) in [4.78, 5) is 44.8. The van der Waals surface area contributed by atoms with Gasteiger partial charge in [-0.1, -0.05) is 24.6 Å². The summed E-state index contributed by atoms with van der Waals surface area (Å²) < 4.78 is 4.83. The van der Waals surface area contributed by atoms with Crippen molar-refractivity contribution in [1.29, 1.82) is 0 Å². The molecule has 0 saturated heterocycles. The van der Waals surface area contributed by atoms with Gasteiger partial charge in [0.05, 0.1) is 12.3 Å². The summed E-state index contributed by atoms with van der Waals surface area (Å²) >= 11 is 0. The van der Waals surface area contributed by atoms with Gasteiger partial charge in [-0.25, -0.2) is 4.79 Å². The van der Waals surface area contributed by atoms with E-state index in [1.54, 1.807) is 0 Å². The number of hydrogen-bond donors (Lipinski definition) is 1. The molecule has 1 amide bonds. The van der Waals surface area contributed by atoms with E-state index in [0.717, 1.165) is 44.5 Å². The van der Waals surface area contributed by atoms with Crippen LogP contribution in [0.2, 0.25) is 0 Å². The van der Waals surface area contributed by atoms with E-state index in [0.29, 0.717) is 55.4 Å². The smallest absolute Gasteiger partial charge is 0.436 e. The Morgan fingerprint density at radius 2 is 1.85 bits per heavy atom. The number of fused-ring (bicyclic) bond motifs is 5. The summed E-state index contributed by atoms with van der Waals surface area (Å²) in [5.74, 6) is 2.58. The first-order valence-corrected chi connectivity index (χ1v) is 15.2. The lowest BCUT2D eigenvalue weighted by atomic mass is 9.46. The van der Waals surface area contributed by atoms with E-state index in [1.165, 1.54) is 29.7 Å². The minimum absolute atomic E-state index is 0.119. The van der Waals surface area contributed by atoms with Crippen LogP contribution in [0.3, 0.4) is 0 Å². The third kappa shape index (κ3) is 6.46. The number of carbonyl (C=O) groups is 3. The maximum atomic E-state index is 13.0. The lowest BCUT2D eigenvalue weighted by Gasteiger charge is -2.58. The number of nitrogens with zero attached hydrogens (tertiary/aromatic N) is 3. The molecule has 0 heterocycles. The number of rotatable bonds is 12. The summed E-state index contributed by atoms with van der Waals surface area (Å²) in [6.45, 7) is 10.4. The second-order valence-electron chi connectivity index (χ2n) is 13.2. The molecule has 0 aromatic rings. The topological polar surface area (TPSA) is 101 Å². The highest BCUT2D eigenvalue weighted by Crippen LogP contribution is 2.66. The molecule has 0 spiro atoms. The van der Waals surface area contributed by atoms with Crippen LogP contribution in [0.1, 0.15) is 72.1 Å². The maximum absolute atomic E-state index is 13.0. The van der Waals surface area contributed by atoms with Crippen molar-refractivity contribution in [2.45, 2.75) is 72.1 Å². The van der Waals surface area contributed by atoms with Gasteiger partial charge in [0.25, 0.3) is 6.47 Å². The molecule has 0 bridgehead atoms. The predicted molar refractivity (Wildman–Crippen MR) is 155 cm³/mol. The molecule has 0 radical (unpaired) electrons. The lowest BCUT2D eigenvalue weighted by molar-refractivity contribution is -0.129. The molecule has 9 nitrogen and oxygen atoms in total. The zero-order valence-corrected chi connectivity index (χ0v) is 25.2. The number of hydrogen-bond acceptors (Lipinski definition) is 8. The second kappa shape index (κ2) is 13.1. The molecule has 1 N–H and O–H groups in total. The number of oxime groups is 1. The van der Waals surface area contributed by atoms with Crippen molar-refractivity contribution in [3.63, 3.8) is 0 Å². The fraction of sp³-hybridized carbons (Fsp3) is 0.806. The number of carbonyl (C=O) groups excluding carboxylic acids is 3. The maximum Gasteiger partial charge on any atom is 0.436 e. The van der Waals surface area contributed by atoms with Crippen molar-refractivity contribution in [3.8, 4) is 0 Å². The molecule has 3 fully saturated rings. The lowest BCUT2D eigenvalue weighted by Crippen LogP contribution is -2.51. The number of ketones is 1. The van der Waals surface area contributed by atoms with Gasteiger partial charge < -0.3 is 19.9 Å². The second-order valence-corrected chi connectivity index (χ2v) is 13.2. The molecular weight excluding hydrogens is 508 g/mol. The molecule has 6 atom stereocenters. The van der Waals surface area contributed by atoms with Crippen LogP contribution >= 0.6 is 0 Å². The molecule has 0 aliphatic heterocycles. The molecular formula is C31H50N4O5. The van der Waals surface area contributed by atoms with Crippen molar-refractivity contribution in [2.75, 3.05) is 53.4 Å². The molecule has 4 aliphatic carbocycles. The Labute approximate surface area is 240 Å². The van der Waals surface area contributed by atoms with E-state index >= 15 is 0 Å². The van der Waals surface area contributed by atoms with Crippen LogP contribution in [-0.4, -0.2) is 87.3 Å². The van der Waals surface area contributed by atoms with Crippen molar-refractivity contribution in [1.82, 2.24) is 15.1 Å². The number of likely N-dealkylation sites (N-methyl/N-ethyl adjacent to an activating group) is 1. The van der Waals surface area contributed by atoms with Crippen LogP contribution < -0.4 is 5.32 Å². The molecule has 0 unspecified atom stereocenters. The van der Waals surface area contributed by atoms with Crippen LogP contribution in [0.15, 0.2) is 16.8 Å². The zero-order chi connectivity index (χ0) is 28.9. The van der Waals surface area contributed by atoms with Gasteiger partial charge in [-0.05, 0) is 101 Å². The largest absolute Gasteiger partial charge is 0.466 e. The standard InChI is InChI=1S/C31H50N4O5/c1-22(33-40-29(38)35(18-19-39-21-36)17-15-32-14-16-34(4)5)26-8-9-27-25-7-6-23-20-24(37)10-12-30(23,2)28(25)11-13-31(26,27)3/h20-21,25-28,32H,6-19H2,1-5H3/b33-22+/t25-,26+,27-,28-,30-,31+/m0/s1. The van der Waals surface area contributed by atoms with E-state index in [2.05, 4.69) is 29.2 Å². The molecule has 40 heavy (non-hydrogen) atoms. The average Bonchev–Trinajstić information content (AvgIpc) is 3.28. The van der Waals surface area contributed by atoms with Crippen LogP contribution in [0.25, 0.3) is 0 Å². The summed E-state index contributed by atoms with van der Waals surface area (Å²) in [7, 11) is 4.03. The Kier molecular flexibility index (Phi) is 10.1. The highest BCUT2D eigenvalue weighted by molar-refractivity contribution is 5.91. The minimum Gasteiger partial charge on any atom is -0.466 e. The summed E-state index contributed by atoms with van der Waals surface area (Å²) in [5, 5.41) is 7.72. The van der Waals surface area contributed by atoms with Gasteiger partial charge in [-0.15, -0.1) is 0 Å². The Hall–Kier alpha value is -2.26. The van der Waals surface area contributed by atoms with E-state index in [9.17, 15) is 14.4 Å². The van der Waals surface area contributed by atoms with Gasteiger partial charge in [0.15, 0.2) is 5.78 Å². The van der Waals surface area contributed by atoms with Crippen molar-refractivity contribution in [3.05, 3.63) is 11.6 Å². The molecule has 4 aliphatic rings. The first-order valence-electron chi connectivity index (χ1n) is 15.2. The van der Waals surface area contributed by atoms with Gasteiger partial charge in [0.2, 0.25) is 0 Å². The quantitative estimate of drug-likeness (QED) is 0.126. The Morgan fingerprint density at radius 3 is 2.60 bits per heavy atom. The Morgan fingerprint density at radius 1 is 1.07 bits per heavy atom. The number of allylic oxidation sites excluding steroid dienone is 1. The molecule has 224 valence electrons. The first kappa shape index (κ1) is 30.7. The third-order valence-electron chi connectivity index (χ3n) is 10.8. The monoisotopic (exact) mass is 558 g/mol. The van der Waals surface area contributed by atoms with Gasteiger partial charge in [0, 0.05) is 38.5 Å². The molecule has 0 aromatic heterocycles. The van der Waals surface area contributed by atoms with E-state index in [1.807, 2.05) is 27.1 Å². The van der Waals surface area contributed by atoms with Crippen LogP contribution in [0.5, 0.6) is 0 Å². The molecule has 3 saturated carbocycles. The first-order chi connectivity index (χ1) is 19.1. The van der Waals surface area contributed by atoms with Gasteiger partial charge in [-0.3, -0.25) is 14.4 Å². The van der Waals surface area contributed by atoms with E-state index in [-0.39, 0.29) is 24.0 Å². The number of amides is 1. The Balaban J connectivity index is 1.37. The van der Waals surface area contributed by atoms with Crippen molar-refractivity contribution < 1.29 is 24.0 Å². The number of ether oxygens (including phenoxy) is 1. The zero-order valence-electron chi connectivity index (χ0n) is 25.2. The normalized spacial score (nSPS) is 33.5. The molecule has 9 heteroatoms. The van der Waals surface area contributed by atoms with E-state index in [4.69, 9.17) is 9.57 Å². The van der Waals surface area contributed by atoms with E-state index < -0.39 is 6.09 Å². The average molecular weight is 559 g/mol. The fourth-order valence-corrected chi connectivity index (χ4v) is 8.63. The summed E-state index contributed by atoms with van der Waals surface area (Å²) in [6, 6.07) is 0. The van der Waals surface area contributed by atoms with Gasteiger partial charge in [-0.2, -0.15) is 0 Å². The molecule has 4 rings (SSSR count). The van der Waals surface area contributed by atoms with Gasteiger partial charge in [0.1, 0.15) is 6.61 Å². The summed E-state index contributed by atoms with van der Waals surface area (Å²) in [6.07, 6.45) is 9.98. The highest BCUT2D eigenvalue weighted by atomic mass is 16.7. The SMILES string of the molecule is C/C(=N\OC(=O)N(CCNCCN(C)C)CCOC=O)[C@H]1CC[C@H]2[C@@H]3CCC4=CC(=O)CC[C@]4(C)[C@H]3CC[C@]12C. The fourth-order valence-electron chi connectivity index (χ4n) is 8.63. The van der Waals surface area contributed by atoms with Crippen molar-refractivity contribution >= 4 is 24.1 Å². The predicted octanol–water partition coefficient (Wildman–Crippen LogP) is 4.27. The Bertz CT molecular complexity index is 996. The third-order valence-corrected chi connectivity index (χ3v) is 10.8. The summed E-state index contributed by atoms with van der Waals surface area (Å²) in [5.41, 5.74) is 2.63. The molecule has 0 aromatic carbocycles. The highest BCUT2D eigenvalue weighted by Gasteiger charge is 2.59. The van der Waals surface area contributed by atoms with Crippen LogP contribution in [0.4, 0.5) is 4.79 Å². The minimum atomic E-state index is -0.516. The van der Waals surface area contributed by atoms with Crippen LogP contribution in [-0.2, 0) is 19.2 Å². The number of nitrogens with one attached hydrogen (secondary N) is 1.